The number of imidazole rings is 1. The van der Waals surface area contributed by atoms with E-state index in [4.69, 9.17) is 0 Å². The lowest BCUT2D eigenvalue weighted by Crippen LogP contribution is -2.31. The quantitative estimate of drug-likeness (QED) is 0.716. The first-order valence-electron chi connectivity index (χ1n) is 5.83. The largest absolute Gasteiger partial charge is 0.329 e. The van der Waals surface area contributed by atoms with E-state index < -0.39 is 0 Å². The van der Waals surface area contributed by atoms with E-state index in [1.807, 2.05) is 6.07 Å². The summed E-state index contributed by atoms with van der Waals surface area (Å²) in [4.78, 5) is 30.0. The zero-order chi connectivity index (χ0) is 12.5. The smallest absolute Gasteiger partial charge is 0.323 e. The van der Waals surface area contributed by atoms with Crippen molar-refractivity contribution in [3.8, 4) is 0 Å². The zero-order valence-electron chi connectivity index (χ0n) is 9.64. The maximum atomic E-state index is 12.3. The summed E-state index contributed by atoms with van der Waals surface area (Å²) in [6.07, 6.45) is 4.94. The second kappa shape index (κ2) is 4.17. The minimum atomic E-state index is -0.365. The summed E-state index contributed by atoms with van der Waals surface area (Å²) in [5.41, 5.74) is 0.862. The summed E-state index contributed by atoms with van der Waals surface area (Å²) in [5.74, 6) is -0.162. The van der Waals surface area contributed by atoms with Gasteiger partial charge >= 0.3 is 5.69 Å². The molecule has 18 heavy (non-hydrogen) atoms. The van der Waals surface area contributed by atoms with E-state index >= 15 is 0 Å². The summed E-state index contributed by atoms with van der Waals surface area (Å²) >= 11 is 0. The molecule has 1 amide bonds. The number of H-pyrrole nitrogens is 3. The SMILES string of the molecule is O=C(c1c[nH]c(=O)[nH]1)N1CCC[C@@H]1c1ccn[nH]1. The number of aromatic nitrogens is 4. The lowest BCUT2D eigenvalue weighted by Gasteiger charge is -2.22. The topological polar surface area (TPSA) is 97.6 Å². The first kappa shape index (κ1) is 10.8. The van der Waals surface area contributed by atoms with Crippen LogP contribution in [0.1, 0.15) is 35.1 Å². The summed E-state index contributed by atoms with van der Waals surface area (Å²) in [7, 11) is 0. The highest BCUT2D eigenvalue weighted by Gasteiger charge is 2.31. The predicted molar refractivity (Wildman–Crippen MR) is 63.0 cm³/mol. The van der Waals surface area contributed by atoms with Crippen molar-refractivity contribution in [1.29, 1.82) is 0 Å². The summed E-state index contributed by atoms with van der Waals surface area (Å²) in [6.45, 7) is 0.690. The van der Waals surface area contributed by atoms with Gasteiger partial charge in [0.2, 0.25) is 0 Å². The molecule has 0 unspecified atom stereocenters. The number of likely N-dealkylation sites (tertiary alicyclic amines) is 1. The Kier molecular flexibility index (Phi) is 2.51. The van der Waals surface area contributed by atoms with Crippen LogP contribution < -0.4 is 5.69 Å². The molecule has 0 spiro atoms. The van der Waals surface area contributed by atoms with E-state index in [9.17, 15) is 9.59 Å². The Bertz CT molecular complexity index is 597. The Labute approximate surface area is 102 Å². The van der Waals surface area contributed by atoms with Gasteiger partial charge in [-0.05, 0) is 18.9 Å². The van der Waals surface area contributed by atoms with Crippen LogP contribution in [0.15, 0.2) is 23.3 Å². The fourth-order valence-electron chi connectivity index (χ4n) is 2.39. The van der Waals surface area contributed by atoms with E-state index in [0.717, 1.165) is 18.5 Å². The maximum Gasteiger partial charge on any atom is 0.323 e. The third kappa shape index (κ3) is 1.73. The van der Waals surface area contributed by atoms with E-state index in [1.54, 1.807) is 11.1 Å². The minimum absolute atomic E-state index is 0.0124. The lowest BCUT2D eigenvalue weighted by molar-refractivity contribution is 0.0727. The normalized spacial score (nSPS) is 19.3. The standard InChI is InChI=1S/C11H13N5O2/c17-10(8-6-12-11(18)14-8)16-5-1-2-9(16)7-3-4-13-15-7/h3-4,6,9H,1-2,5H2,(H,13,15)(H2,12,14,18)/t9-/m1/s1. The second-order valence-electron chi connectivity index (χ2n) is 4.33. The molecule has 2 aromatic heterocycles. The summed E-state index contributed by atoms with van der Waals surface area (Å²) < 4.78 is 0. The van der Waals surface area contributed by atoms with Crippen molar-refractivity contribution in [1.82, 2.24) is 25.1 Å². The van der Waals surface area contributed by atoms with Crippen molar-refractivity contribution in [2.75, 3.05) is 6.54 Å². The molecule has 94 valence electrons. The third-order valence-electron chi connectivity index (χ3n) is 3.22. The molecule has 3 heterocycles. The monoisotopic (exact) mass is 247 g/mol. The van der Waals surface area contributed by atoms with E-state index in [0.29, 0.717) is 12.2 Å². The molecular weight excluding hydrogens is 234 g/mol. The number of aromatic amines is 3. The predicted octanol–water partition coefficient (Wildman–Crippen LogP) is 0.403. The molecule has 3 N–H and O–H groups in total. The Morgan fingerprint density at radius 1 is 1.50 bits per heavy atom. The molecule has 0 saturated carbocycles. The van der Waals surface area contributed by atoms with Gasteiger partial charge in [-0.2, -0.15) is 5.10 Å². The molecule has 7 heteroatoms. The van der Waals surface area contributed by atoms with Crippen LogP contribution in [-0.2, 0) is 0 Å². The number of carbonyl (C=O) groups excluding carboxylic acids is 1. The molecule has 0 bridgehead atoms. The van der Waals surface area contributed by atoms with Crippen LogP contribution in [0.3, 0.4) is 0 Å². The van der Waals surface area contributed by atoms with E-state index in [1.165, 1.54) is 6.20 Å². The van der Waals surface area contributed by atoms with Crippen LogP contribution in [0.5, 0.6) is 0 Å². The van der Waals surface area contributed by atoms with Gasteiger partial charge in [0.05, 0.1) is 11.7 Å². The lowest BCUT2D eigenvalue weighted by atomic mass is 10.1. The van der Waals surface area contributed by atoms with Crippen molar-refractivity contribution in [3.63, 3.8) is 0 Å². The van der Waals surface area contributed by atoms with E-state index in [-0.39, 0.29) is 17.6 Å². The van der Waals surface area contributed by atoms with E-state index in [2.05, 4.69) is 20.2 Å². The Morgan fingerprint density at radius 3 is 3.06 bits per heavy atom. The number of hydrogen-bond donors (Lipinski definition) is 3. The minimum Gasteiger partial charge on any atom is -0.329 e. The van der Waals surface area contributed by atoms with Gasteiger partial charge in [-0.3, -0.25) is 9.89 Å². The van der Waals surface area contributed by atoms with Crippen LogP contribution >= 0.6 is 0 Å². The van der Waals surface area contributed by atoms with Crippen LogP contribution in [0.25, 0.3) is 0 Å². The van der Waals surface area contributed by atoms with Crippen LogP contribution in [0.2, 0.25) is 0 Å². The second-order valence-corrected chi connectivity index (χ2v) is 4.33. The van der Waals surface area contributed by atoms with Crippen LogP contribution in [-0.4, -0.2) is 37.5 Å². The molecule has 0 radical (unpaired) electrons. The van der Waals surface area contributed by atoms with Crippen molar-refractivity contribution in [3.05, 3.63) is 40.3 Å². The molecule has 1 atom stereocenters. The molecular formula is C11H13N5O2. The molecule has 1 fully saturated rings. The van der Waals surface area contributed by atoms with Gasteiger partial charge in [-0.1, -0.05) is 0 Å². The summed E-state index contributed by atoms with van der Waals surface area (Å²) in [5, 5.41) is 6.81. The Morgan fingerprint density at radius 2 is 2.39 bits per heavy atom. The van der Waals surface area contributed by atoms with Gasteiger partial charge in [0, 0.05) is 18.9 Å². The molecule has 2 aromatic rings. The zero-order valence-corrected chi connectivity index (χ0v) is 9.64. The number of nitrogens with one attached hydrogen (secondary N) is 3. The molecule has 1 aliphatic rings. The molecule has 0 aliphatic carbocycles. The fraction of sp³-hybridized carbons (Fsp3) is 0.364. The first-order valence-corrected chi connectivity index (χ1v) is 5.83. The fourth-order valence-corrected chi connectivity index (χ4v) is 2.39. The van der Waals surface area contributed by atoms with Gasteiger partial charge in [0.15, 0.2) is 0 Å². The highest BCUT2D eigenvalue weighted by Crippen LogP contribution is 2.31. The van der Waals surface area contributed by atoms with Crippen molar-refractivity contribution in [2.24, 2.45) is 0 Å². The average Bonchev–Trinajstić information content (AvgIpc) is 3.08. The molecule has 7 nitrogen and oxygen atoms in total. The van der Waals surface area contributed by atoms with Gasteiger partial charge in [0.1, 0.15) is 5.69 Å². The van der Waals surface area contributed by atoms with Gasteiger partial charge in [-0.15, -0.1) is 0 Å². The van der Waals surface area contributed by atoms with Gasteiger partial charge in [-0.25, -0.2) is 4.79 Å². The number of rotatable bonds is 2. The van der Waals surface area contributed by atoms with Gasteiger partial charge < -0.3 is 14.9 Å². The highest BCUT2D eigenvalue weighted by molar-refractivity contribution is 5.92. The molecule has 0 aromatic carbocycles. The summed E-state index contributed by atoms with van der Waals surface area (Å²) in [6, 6.07) is 1.88. The molecule has 1 aliphatic heterocycles. The Balaban J connectivity index is 1.87. The third-order valence-corrected chi connectivity index (χ3v) is 3.22. The number of nitrogens with zero attached hydrogens (tertiary/aromatic N) is 2. The van der Waals surface area contributed by atoms with Gasteiger partial charge in [0.25, 0.3) is 5.91 Å². The average molecular weight is 247 g/mol. The molecule has 1 saturated heterocycles. The number of carbonyl (C=O) groups is 1. The molecule has 3 rings (SSSR count). The van der Waals surface area contributed by atoms with Crippen molar-refractivity contribution < 1.29 is 4.79 Å². The first-order chi connectivity index (χ1) is 8.75. The highest BCUT2D eigenvalue weighted by atomic mass is 16.2. The van der Waals surface area contributed by atoms with Crippen LogP contribution in [0, 0.1) is 0 Å². The van der Waals surface area contributed by atoms with Crippen LogP contribution in [0.4, 0.5) is 0 Å². The maximum absolute atomic E-state index is 12.3. The number of hydrogen-bond acceptors (Lipinski definition) is 3. The number of amides is 1. The van der Waals surface area contributed by atoms with Crippen molar-refractivity contribution in [2.45, 2.75) is 18.9 Å². The Hall–Kier alpha value is -2.31. The van der Waals surface area contributed by atoms with Crippen molar-refractivity contribution >= 4 is 5.91 Å².